The molecule has 1 fully saturated rings. The number of ether oxygens (including phenoxy) is 1. The lowest BCUT2D eigenvalue weighted by atomic mass is 10.2. The van der Waals surface area contributed by atoms with Gasteiger partial charge in [0.05, 0.1) is 22.8 Å². The molecular formula is C22H22BrN3O4S2. The molecule has 0 radical (unpaired) electrons. The summed E-state index contributed by atoms with van der Waals surface area (Å²) in [7, 11) is -3.65. The van der Waals surface area contributed by atoms with Crippen LogP contribution in [0.3, 0.4) is 0 Å². The molecule has 2 aromatic carbocycles. The monoisotopic (exact) mass is 535 g/mol. The highest BCUT2D eigenvalue weighted by Gasteiger charge is 2.32. The first-order valence-corrected chi connectivity index (χ1v) is 13.1. The van der Waals surface area contributed by atoms with Crippen molar-refractivity contribution in [3.8, 4) is 11.3 Å². The second-order valence-corrected chi connectivity index (χ2v) is 11.3. The van der Waals surface area contributed by atoms with Crippen molar-refractivity contribution in [2.45, 2.75) is 31.0 Å². The Hall–Kier alpha value is -2.11. The number of morpholine rings is 1. The second-order valence-electron chi connectivity index (χ2n) is 7.60. The molecule has 3 aromatic rings. The Labute approximate surface area is 199 Å². The van der Waals surface area contributed by atoms with Crippen molar-refractivity contribution >= 4 is 48.3 Å². The quantitative estimate of drug-likeness (QED) is 0.514. The average molecular weight is 536 g/mol. The van der Waals surface area contributed by atoms with Crippen molar-refractivity contribution < 1.29 is 17.9 Å². The zero-order chi connectivity index (χ0) is 22.9. The van der Waals surface area contributed by atoms with E-state index >= 15 is 0 Å². The van der Waals surface area contributed by atoms with Gasteiger partial charge >= 0.3 is 0 Å². The van der Waals surface area contributed by atoms with Crippen LogP contribution >= 0.6 is 27.3 Å². The van der Waals surface area contributed by atoms with Gasteiger partial charge in [0.25, 0.3) is 5.91 Å². The number of rotatable bonds is 5. The summed E-state index contributed by atoms with van der Waals surface area (Å²) in [6, 6.07) is 13.7. The molecule has 7 nitrogen and oxygen atoms in total. The van der Waals surface area contributed by atoms with E-state index in [1.165, 1.54) is 39.9 Å². The number of benzene rings is 2. The molecule has 0 spiro atoms. The van der Waals surface area contributed by atoms with Crippen molar-refractivity contribution in [2.24, 2.45) is 0 Å². The van der Waals surface area contributed by atoms with Gasteiger partial charge in [-0.2, -0.15) is 4.31 Å². The fourth-order valence-electron chi connectivity index (χ4n) is 3.51. The van der Waals surface area contributed by atoms with Gasteiger partial charge in [-0.1, -0.05) is 28.1 Å². The Balaban J connectivity index is 1.45. The van der Waals surface area contributed by atoms with Gasteiger partial charge in [0.1, 0.15) is 0 Å². The third kappa shape index (κ3) is 5.10. The lowest BCUT2D eigenvalue weighted by molar-refractivity contribution is -0.0440. The summed E-state index contributed by atoms with van der Waals surface area (Å²) in [5.74, 6) is -0.348. The van der Waals surface area contributed by atoms with Crippen molar-refractivity contribution in [2.75, 3.05) is 18.4 Å². The minimum atomic E-state index is -3.65. The van der Waals surface area contributed by atoms with Crippen LogP contribution in [0.2, 0.25) is 0 Å². The maximum absolute atomic E-state index is 13.0. The maximum Gasteiger partial charge on any atom is 0.257 e. The number of hydrogen-bond donors (Lipinski definition) is 1. The molecule has 4 rings (SSSR count). The van der Waals surface area contributed by atoms with Gasteiger partial charge in [0.2, 0.25) is 10.0 Å². The van der Waals surface area contributed by atoms with Crippen LogP contribution < -0.4 is 5.32 Å². The van der Waals surface area contributed by atoms with Gasteiger partial charge < -0.3 is 4.74 Å². The lowest BCUT2D eigenvalue weighted by Crippen LogP contribution is -2.48. The van der Waals surface area contributed by atoms with Gasteiger partial charge in [-0.15, -0.1) is 11.3 Å². The molecule has 0 aliphatic carbocycles. The Morgan fingerprint density at radius 2 is 1.72 bits per heavy atom. The summed E-state index contributed by atoms with van der Waals surface area (Å²) in [5, 5.41) is 5.12. The van der Waals surface area contributed by atoms with Crippen LogP contribution in [-0.2, 0) is 14.8 Å². The molecule has 1 saturated heterocycles. The first-order valence-electron chi connectivity index (χ1n) is 10.0. The first-order chi connectivity index (χ1) is 15.2. The fourth-order valence-corrected chi connectivity index (χ4v) is 6.08. The van der Waals surface area contributed by atoms with Gasteiger partial charge in [-0.3, -0.25) is 10.1 Å². The number of carbonyl (C=O) groups excluding carboxylic acids is 1. The third-order valence-electron chi connectivity index (χ3n) is 5.01. The molecule has 0 bridgehead atoms. The number of aromatic nitrogens is 1. The third-order valence-corrected chi connectivity index (χ3v) is 8.14. The normalized spacial score (nSPS) is 19.6. The van der Waals surface area contributed by atoms with Gasteiger partial charge in [-0.25, -0.2) is 13.4 Å². The predicted octanol–water partition coefficient (Wildman–Crippen LogP) is 4.62. The first kappa shape index (κ1) is 23.1. The van der Waals surface area contributed by atoms with Gasteiger partial charge in [0.15, 0.2) is 5.13 Å². The van der Waals surface area contributed by atoms with Crippen LogP contribution in [0.5, 0.6) is 0 Å². The summed E-state index contributed by atoms with van der Waals surface area (Å²) >= 11 is 4.73. The number of hydrogen-bond acceptors (Lipinski definition) is 6. The highest BCUT2D eigenvalue weighted by Crippen LogP contribution is 2.27. The number of anilines is 1. The zero-order valence-corrected chi connectivity index (χ0v) is 20.7. The van der Waals surface area contributed by atoms with Crippen molar-refractivity contribution in [3.63, 3.8) is 0 Å². The topological polar surface area (TPSA) is 88.6 Å². The summed E-state index contributed by atoms with van der Waals surface area (Å²) in [5.41, 5.74) is 2.08. The molecule has 168 valence electrons. The van der Waals surface area contributed by atoms with E-state index in [-0.39, 0.29) is 23.0 Å². The van der Waals surface area contributed by atoms with E-state index < -0.39 is 10.0 Å². The molecule has 1 amide bonds. The van der Waals surface area contributed by atoms with Crippen molar-refractivity contribution in [1.29, 1.82) is 0 Å². The van der Waals surface area contributed by atoms with Crippen LogP contribution in [0.1, 0.15) is 24.2 Å². The number of carbonyl (C=O) groups is 1. The van der Waals surface area contributed by atoms with Gasteiger partial charge in [0, 0.05) is 34.1 Å². The molecule has 1 aliphatic rings. The Kier molecular flexibility index (Phi) is 6.78. The van der Waals surface area contributed by atoms with E-state index in [9.17, 15) is 13.2 Å². The van der Waals surface area contributed by atoms with Crippen molar-refractivity contribution in [3.05, 3.63) is 63.9 Å². The van der Waals surface area contributed by atoms with Gasteiger partial charge in [-0.05, 0) is 50.2 Å². The Morgan fingerprint density at radius 3 is 2.34 bits per heavy atom. The molecular weight excluding hydrogens is 514 g/mol. The average Bonchev–Trinajstić information content (AvgIpc) is 3.22. The predicted molar refractivity (Wildman–Crippen MR) is 128 cm³/mol. The van der Waals surface area contributed by atoms with Crippen LogP contribution in [-0.4, -0.2) is 48.9 Å². The summed E-state index contributed by atoms with van der Waals surface area (Å²) in [6.45, 7) is 4.32. The number of nitrogens with zero attached hydrogens (tertiary/aromatic N) is 2. The summed E-state index contributed by atoms with van der Waals surface area (Å²) < 4.78 is 34.0. The molecule has 2 heterocycles. The largest absolute Gasteiger partial charge is 0.373 e. The standard InChI is InChI=1S/C22H22BrN3O4S2/c1-14-11-26(12-15(2)30-14)32(28,29)19-9-5-17(6-10-19)21(27)25-22-24-20(13-31-22)16-3-7-18(23)8-4-16/h3-10,13-15H,11-12H2,1-2H3,(H,24,25,27). The van der Waals surface area contributed by atoms with E-state index in [1.54, 1.807) is 0 Å². The smallest absolute Gasteiger partial charge is 0.257 e. The van der Waals surface area contributed by atoms with Crippen LogP contribution in [0.4, 0.5) is 5.13 Å². The molecule has 10 heteroatoms. The van der Waals surface area contributed by atoms with Crippen LogP contribution in [0, 0.1) is 0 Å². The van der Waals surface area contributed by atoms with Crippen LogP contribution in [0.15, 0.2) is 63.3 Å². The fraction of sp³-hybridized carbons (Fsp3) is 0.273. The Morgan fingerprint density at radius 1 is 1.09 bits per heavy atom. The van der Waals surface area contributed by atoms with E-state index in [2.05, 4.69) is 26.2 Å². The number of nitrogens with one attached hydrogen (secondary N) is 1. The van der Waals surface area contributed by atoms with Crippen LogP contribution in [0.25, 0.3) is 11.3 Å². The lowest BCUT2D eigenvalue weighted by Gasteiger charge is -2.34. The SMILES string of the molecule is CC1CN(S(=O)(=O)c2ccc(C(=O)Nc3nc(-c4ccc(Br)cc4)cs3)cc2)CC(C)O1. The molecule has 0 saturated carbocycles. The molecule has 32 heavy (non-hydrogen) atoms. The highest BCUT2D eigenvalue weighted by atomic mass is 79.9. The molecule has 1 aliphatic heterocycles. The maximum atomic E-state index is 13.0. The summed E-state index contributed by atoms with van der Waals surface area (Å²) in [4.78, 5) is 17.2. The number of amides is 1. The van der Waals surface area contributed by atoms with Crippen molar-refractivity contribution in [1.82, 2.24) is 9.29 Å². The second kappa shape index (κ2) is 9.40. The molecule has 2 unspecified atom stereocenters. The molecule has 2 atom stereocenters. The number of thiazole rings is 1. The minimum Gasteiger partial charge on any atom is -0.373 e. The number of halogens is 1. The molecule has 1 aromatic heterocycles. The van der Waals surface area contributed by atoms with E-state index in [0.29, 0.717) is 23.8 Å². The minimum absolute atomic E-state index is 0.155. The number of sulfonamides is 1. The highest BCUT2D eigenvalue weighted by molar-refractivity contribution is 9.10. The Bertz CT molecular complexity index is 1200. The molecule has 1 N–H and O–H groups in total. The van der Waals surface area contributed by atoms with E-state index in [1.807, 2.05) is 43.5 Å². The van der Waals surface area contributed by atoms with E-state index in [0.717, 1.165) is 15.7 Å². The summed E-state index contributed by atoms with van der Waals surface area (Å²) in [6.07, 6.45) is -0.335. The van der Waals surface area contributed by atoms with E-state index in [4.69, 9.17) is 4.74 Å². The zero-order valence-electron chi connectivity index (χ0n) is 17.5.